The van der Waals surface area contributed by atoms with E-state index in [1.54, 1.807) is 10.9 Å². The summed E-state index contributed by atoms with van der Waals surface area (Å²) in [5, 5.41) is 7.89. The van der Waals surface area contributed by atoms with Gasteiger partial charge in [0, 0.05) is 11.6 Å². The van der Waals surface area contributed by atoms with Gasteiger partial charge < -0.3 is 10.1 Å². The van der Waals surface area contributed by atoms with Crippen molar-refractivity contribution in [3.8, 4) is 11.4 Å². The lowest BCUT2D eigenvalue weighted by molar-refractivity contribution is 0.200. The molecule has 0 bridgehead atoms. The summed E-state index contributed by atoms with van der Waals surface area (Å²) in [7, 11) is 0. The molecule has 0 unspecified atom stereocenters. The summed E-state index contributed by atoms with van der Waals surface area (Å²) < 4.78 is 7.33. The maximum absolute atomic E-state index is 12.3. The van der Waals surface area contributed by atoms with Crippen molar-refractivity contribution < 1.29 is 9.53 Å². The molecule has 6 heteroatoms. The molecule has 3 aromatic rings. The number of aryl methyl sites for hydroxylation is 2. The average Bonchev–Trinajstić information content (AvgIpc) is 3.08. The summed E-state index contributed by atoms with van der Waals surface area (Å²) in [4.78, 5) is 12.3. The Hall–Kier alpha value is -2.79. The normalized spacial score (nSPS) is 10.8. The van der Waals surface area contributed by atoms with Crippen molar-refractivity contribution in [2.45, 2.75) is 40.0 Å². The van der Waals surface area contributed by atoms with Gasteiger partial charge in [0.2, 0.25) is 0 Å². The summed E-state index contributed by atoms with van der Waals surface area (Å²) in [6, 6.07) is 13.8. The van der Waals surface area contributed by atoms with E-state index < -0.39 is 6.09 Å². The zero-order valence-corrected chi connectivity index (χ0v) is 17.8. The summed E-state index contributed by atoms with van der Waals surface area (Å²) in [5.41, 5.74) is 5.45. The second-order valence-corrected chi connectivity index (χ2v) is 7.52. The van der Waals surface area contributed by atoms with Crippen molar-refractivity contribution in [3.05, 3.63) is 76.1 Å². The van der Waals surface area contributed by atoms with Crippen LogP contribution in [0.3, 0.4) is 0 Å². The van der Waals surface area contributed by atoms with Crippen molar-refractivity contribution in [1.82, 2.24) is 15.1 Å². The van der Waals surface area contributed by atoms with Crippen molar-refractivity contribution >= 4 is 17.7 Å². The molecule has 0 saturated carbocycles. The molecule has 1 aromatic heterocycles. The molecule has 1 amide bonds. The first-order valence-electron chi connectivity index (χ1n) is 9.82. The minimum Gasteiger partial charge on any atom is -0.407 e. The molecule has 0 radical (unpaired) electrons. The number of nitrogens with one attached hydrogen (secondary N) is 1. The molecule has 2 aromatic carbocycles. The number of amides is 1. The van der Waals surface area contributed by atoms with Crippen molar-refractivity contribution in [2.24, 2.45) is 0 Å². The number of nitrogens with zero attached hydrogens (tertiary/aromatic N) is 2. The van der Waals surface area contributed by atoms with Crippen LogP contribution in [0, 0.1) is 13.8 Å². The Morgan fingerprint density at radius 3 is 2.55 bits per heavy atom. The Balaban J connectivity index is 1.63. The molecular formula is C23H26ClN3O2. The van der Waals surface area contributed by atoms with Gasteiger partial charge in [0.25, 0.3) is 0 Å². The lowest BCUT2D eigenvalue weighted by Crippen LogP contribution is -2.29. The fraction of sp³-hybridized carbons (Fsp3) is 0.304. The van der Waals surface area contributed by atoms with Gasteiger partial charge in [-0.25, -0.2) is 9.48 Å². The first kappa shape index (κ1) is 20.9. The largest absolute Gasteiger partial charge is 0.412 e. The van der Waals surface area contributed by atoms with Gasteiger partial charge in [-0.05, 0) is 67.6 Å². The summed E-state index contributed by atoms with van der Waals surface area (Å²) in [5.74, 6) is 0.477. The smallest absolute Gasteiger partial charge is 0.407 e. The van der Waals surface area contributed by atoms with Crippen LogP contribution in [0.2, 0.25) is 5.02 Å². The number of rotatable bonds is 7. The molecule has 1 N–H and O–H groups in total. The average molecular weight is 412 g/mol. The van der Waals surface area contributed by atoms with Crippen LogP contribution < -0.4 is 10.1 Å². The van der Waals surface area contributed by atoms with E-state index in [9.17, 15) is 4.79 Å². The third kappa shape index (κ3) is 5.39. The fourth-order valence-corrected chi connectivity index (χ4v) is 3.24. The molecule has 0 aliphatic rings. The highest BCUT2D eigenvalue weighted by Crippen LogP contribution is 2.24. The highest BCUT2D eigenvalue weighted by atomic mass is 35.5. The number of carbonyl (C=O) groups is 1. The second-order valence-electron chi connectivity index (χ2n) is 7.08. The molecule has 5 nitrogen and oxygen atoms in total. The topological polar surface area (TPSA) is 56.1 Å². The number of carbonyl (C=O) groups excluding carboxylic acids is 1. The van der Waals surface area contributed by atoms with Crippen molar-refractivity contribution in [3.63, 3.8) is 0 Å². The van der Waals surface area contributed by atoms with E-state index in [2.05, 4.69) is 49.4 Å². The third-order valence-electron chi connectivity index (χ3n) is 4.85. The van der Waals surface area contributed by atoms with Gasteiger partial charge in [0.15, 0.2) is 5.75 Å². The van der Waals surface area contributed by atoms with E-state index in [4.69, 9.17) is 16.3 Å². The van der Waals surface area contributed by atoms with Crippen LogP contribution >= 0.6 is 11.6 Å². The predicted octanol–water partition coefficient (Wildman–Crippen LogP) is 5.43. The van der Waals surface area contributed by atoms with Crippen LogP contribution in [0.5, 0.6) is 5.75 Å². The Morgan fingerprint density at radius 1 is 1.10 bits per heavy atom. The molecule has 0 atom stereocenters. The number of aromatic nitrogens is 2. The van der Waals surface area contributed by atoms with Crippen molar-refractivity contribution in [1.29, 1.82) is 0 Å². The Kier molecular flexibility index (Phi) is 6.94. The van der Waals surface area contributed by atoms with Crippen molar-refractivity contribution in [2.75, 3.05) is 6.54 Å². The van der Waals surface area contributed by atoms with Gasteiger partial charge in [-0.15, -0.1) is 0 Å². The van der Waals surface area contributed by atoms with Gasteiger partial charge in [-0.1, -0.05) is 43.1 Å². The van der Waals surface area contributed by atoms with Crippen LogP contribution in [-0.4, -0.2) is 22.4 Å². The van der Waals surface area contributed by atoms with Gasteiger partial charge in [-0.2, -0.15) is 5.10 Å². The highest BCUT2D eigenvalue weighted by molar-refractivity contribution is 6.30. The van der Waals surface area contributed by atoms with E-state index in [1.165, 1.54) is 16.7 Å². The summed E-state index contributed by atoms with van der Waals surface area (Å²) in [6.07, 6.45) is 3.52. The first-order chi connectivity index (χ1) is 14.0. The monoisotopic (exact) mass is 411 g/mol. The maximum atomic E-state index is 12.3. The van der Waals surface area contributed by atoms with E-state index in [-0.39, 0.29) is 0 Å². The van der Waals surface area contributed by atoms with Crippen LogP contribution in [0.25, 0.3) is 5.69 Å². The lowest BCUT2D eigenvalue weighted by atomic mass is 10.0. The number of hydrogen-bond acceptors (Lipinski definition) is 3. The third-order valence-corrected chi connectivity index (χ3v) is 5.10. The van der Waals surface area contributed by atoms with Gasteiger partial charge in [0.1, 0.15) is 0 Å². The summed E-state index contributed by atoms with van der Waals surface area (Å²) >= 11 is 5.98. The number of benzene rings is 2. The predicted molar refractivity (Wildman–Crippen MR) is 116 cm³/mol. The van der Waals surface area contributed by atoms with E-state index in [0.29, 0.717) is 17.3 Å². The highest BCUT2D eigenvalue weighted by Gasteiger charge is 2.16. The molecule has 3 rings (SSSR count). The molecule has 0 spiro atoms. The molecule has 1 heterocycles. The standard InChI is InChI=1S/C23H26ClN3O2/c1-4-5-21-22(15-26-27(21)20-10-8-19(24)9-11-20)29-23(28)25-13-12-18-7-6-16(2)17(3)14-18/h6-11,14-15H,4-5,12-13H2,1-3H3,(H,25,28). The fourth-order valence-electron chi connectivity index (χ4n) is 3.12. The van der Waals surface area contributed by atoms with Crippen LogP contribution in [0.1, 0.15) is 35.7 Å². The van der Waals surface area contributed by atoms with E-state index >= 15 is 0 Å². The quantitative estimate of drug-likeness (QED) is 0.564. The Labute approximate surface area is 176 Å². The summed E-state index contributed by atoms with van der Waals surface area (Å²) in [6.45, 7) is 6.77. The van der Waals surface area contributed by atoms with Gasteiger partial charge in [0.05, 0.1) is 17.6 Å². The van der Waals surface area contributed by atoms with Gasteiger partial charge >= 0.3 is 6.09 Å². The van der Waals surface area contributed by atoms with E-state index in [1.807, 2.05) is 24.3 Å². The number of hydrogen-bond donors (Lipinski definition) is 1. The van der Waals surface area contributed by atoms with Crippen LogP contribution in [-0.2, 0) is 12.8 Å². The lowest BCUT2D eigenvalue weighted by Gasteiger charge is -2.10. The first-order valence-corrected chi connectivity index (χ1v) is 10.2. The van der Waals surface area contributed by atoms with Crippen LogP contribution in [0.4, 0.5) is 4.79 Å². The zero-order chi connectivity index (χ0) is 20.8. The van der Waals surface area contributed by atoms with E-state index in [0.717, 1.165) is 30.6 Å². The maximum Gasteiger partial charge on any atom is 0.412 e. The molecule has 0 aliphatic carbocycles. The molecule has 29 heavy (non-hydrogen) atoms. The zero-order valence-electron chi connectivity index (χ0n) is 17.0. The minimum atomic E-state index is -0.471. The molecule has 0 aliphatic heterocycles. The minimum absolute atomic E-state index is 0.471. The molecule has 0 saturated heterocycles. The molecular weight excluding hydrogens is 386 g/mol. The molecule has 0 fully saturated rings. The Morgan fingerprint density at radius 2 is 1.86 bits per heavy atom. The number of halogens is 1. The molecule has 152 valence electrons. The van der Waals surface area contributed by atoms with Crippen LogP contribution in [0.15, 0.2) is 48.7 Å². The van der Waals surface area contributed by atoms with Gasteiger partial charge in [-0.3, -0.25) is 0 Å². The SMILES string of the molecule is CCCc1c(OC(=O)NCCc2ccc(C)c(C)c2)cnn1-c1ccc(Cl)cc1. The second kappa shape index (κ2) is 9.61. The number of ether oxygens (including phenoxy) is 1. The Bertz CT molecular complexity index is 980.